The first kappa shape index (κ1) is 16.4. The molecule has 0 bridgehead atoms. The van der Waals surface area contributed by atoms with Crippen molar-refractivity contribution in [3.8, 4) is 11.6 Å². The molecule has 1 N–H and O–H groups in total. The maximum Gasteiger partial charge on any atom is 0.270 e. The molecule has 3 heterocycles. The van der Waals surface area contributed by atoms with Crippen molar-refractivity contribution >= 4 is 16.8 Å². The summed E-state index contributed by atoms with van der Waals surface area (Å²) < 4.78 is 11.1. The Labute approximate surface area is 151 Å². The summed E-state index contributed by atoms with van der Waals surface area (Å²) in [5.74, 6) is 1.23. The predicted molar refractivity (Wildman–Crippen MR) is 96.4 cm³/mol. The molecular formula is C19H20N4O3. The molecular weight excluding hydrogens is 332 g/mol. The summed E-state index contributed by atoms with van der Waals surface area (Å²) in [5.41, 5.74) is 1.46. The smallest absolute Gasteiger partial charge is 0.270 e. The molecule has 1 aliphatic rings. The van der Waals surface area contributed by atoms with Crippen LogP contribution in [0.25, 0.3) is 10.9 Å². The largest absolute Gasteiger partial charge is 0.497 e. The lowest BCUT2D eigenvalue weighted by Crippen LogP contribution is -2.44. The molecule has 1 amide bonds. The summed E-state index contributed by atoms with van der Waals surface area (Å²) in [4.78, 5) is 26.1. The highest BCUT2D eigenvalue weighted by atomic mass is 16.5. The zero-order valence-corrected chi connectivity index (χ0v) is 14.5. The van der Waals surface area contributed by atoms with Crippen LogP contribution in [0.1, 0.15) is 23.3 Å². The van der Waals surface area contributed by atoms with E-state index in [0.717, 1.165) is 36.0 Å². The first-order valence-electron chi connectivity index (χ1n) is 8.61. The van der Waals surface area contributed by atoms with Gasteiger partial charge in [-0.3, -0.25) is 9.78 Å². The average Bonchev–Trinajstić information content (AvgIpc) is 3.11. The Morgan fingerprint density at radius 3 is 3.04 bits per heavy atom. The number of fused-ring (bicyclic) bond motifs is 1. The van der Waals surface area contributed by atoms with Crippen molar-refractivity contribution in [3.63, 3.8) is 0 Å². The van der Waals surface area contributed by atoms with Crippen molar-refractivity contribution in [2.24, 2.45) is 0 Å². The highest BCUT2D eigenvalue weighted by Crippen LogP contribution is 2.23. The van der Waals surface area contributed by atoms with Gasteiger partial charge in [-0.2, -0.15) is 0 Å². The van der Waals surface area contributed by atoms with E-state index < -0.39 is 0 Å². The summed E-state index contributed by atoms with van der Waals surface area (Å²) in [5, 5.41) is 0.985. The summed E-state index contributed by atoms with van der Waals surface area (Å²) in [7, 11) is 1.63. The van der Waals surface area contributed by atoms with Gasteiger partial charge in [0.05, 0.1) is 19.9 Å². The van der Waals surface area contributed by atoms with Crippen LogP contribution in [0.2, 0.25) is 0 Å². The summed E-state index contributed by atoms with van der Waals surface area (Å²) in [6, 6.07) is 7.60. The molecule has 0 radical (unpaired) electrons. The Kier molecular flexibility index (Phi) is 4.43. The lowest BCUT2D eigenvalue weighted by molar-refractivity contribution is 0.0522. The van der Waals surface area contributed by atoms with Crippen LogP contribution in [0, 0.1) is 0 Å². The van der Waals surface area contributed by atoms with Crippen molar-refractivity contribution < 1.29 is 14.3 Å². The van der Waals surface area contributed by atoms with E-state index in [0.29, 0.717) is 18.1 Å². The summed E-state index contributed by atoms with van der Waals surface area (Å²) >= 11 is 0. The maximum atomic E-state index is 12.9. The number of nitrogens with one attached hydrogen (secondary N) is 1. The highest BCUT2D eigenvalue weighted by molar-refractivity contribution is 5.98. The van der Waals surface area contributed by atoms with Crippen molar-refractivity contribution in [2.75, 3.05) is 20.2 Å². The highest BCUT2D eigenvalue weighted by Gasteiger charge is 2.27. The van der Waals surface area contributed by atoms with Crippen LogP contribution in [-0.4, -0.2) is 52.1 Å². The Bertz CT molecular complexity index is 910. The van der Waals surface area contributed by atoms with Crippen LogP contribution < -0.4 is 9.47 Å². The normalized spacial score (nSPS) is 17.3. The van der Waals surface area contributed by atoms with Gasteiger partial charge >= 0.3 is 0 Å². The molecule has 0 unspecified atom stereocenters. The fourth-order valence-electron chi connectivity index (χ4n) is 3.25. The Morgan fingerprint density at radius 2 is 2.23 bits per heavy atom. The van der Waals surface area contributed by atoms with Crippen LogP contribution in [0.5, 0.6) is 11.6 Å². The summed E-state index contributed by atoms with van der Waals surface area (Å²) in [6.07, 6.45) is 6.50. The van der Waals surface area contributed by atoms with Gasteiger partial charge in [-0.1, -0.05) is 0 Å². The van der Waals surface area contributed by atoms with Gasteiger partial charge in [0.15, 0.2) is 0 Å². The second-order valence-electron chi connectivity index (χ2n) is 6.31. The minimum absolute atomic E-state index is 0.0207. The Balaban J connectivity index is 1.48. The van der Waals surface area contributed by atoms with E-state index >= 15 is 0 Å². The number of nitrogens with zero attached hydrogens (tertiary/aromatic N) is 3. The number of rotatable bonds is 4. The van der Waals surface area contributed by atoms with E-state index in [9.17, 15) is 4.79 Å². The average molecular weight is 352 g/mol. The number of hydrogen-bond acceptors (Lipinski definition) is 5. The quantitative estimate of drug-likeness (QED) is 0.781. The van der Waals surface area contributed by atoms with Gasteiger partial charge in [0, 0.05) is 35.9 Å². The number of amides is 1. The van der Waals surface area contributed by atoms with Gasteiger partial charge in [-0.05, 0) is 31.0 Å². The molecule has 0 aliphatic carbocycles. The molecule has 0 spiro atoms. The number of aromatic nitrogens is 3. The van der Waals surface area contributed by atoms with Gasteiger partial charge in [-0.15, -0.1) is 0 Å². The standard InChI is InChI=1S/C19H20N4O3/c1-25-14-5-4-13-9-17(22-16(13)10-14)19(24)23-8-2-3-15(12-23)26-18-11-20-6-7-21-18/h4-7,9-11,15,22H,2-3,8,12H2,1H3/t15-/m0/s1. The molecule has 4 rings (SSSR count). The summed E-state index contributed by atoms with van der Waals surface area (Å²) in [6.45, 7) is 1.26. The van der Waals surface area contributed by atoms with Gasteiger partial charge in [0.25, 0.3) is 5.91 Å². The number of likely N-dealkylation sites (tertiary alicyclic amines) is 1. The van der Waals surface area contributed by atoms with Crippen molar-refractivity contribution in [1.82, 2.24) is 19.9 Å². The molecule has 134 valence electrons. The second-order valence-corrected chi connectivity index (χ2v) is 6.31. The number of piperidine rings is 1. The minimum atomic E-state index is -0.0751. The lowest BCUT2D eigenvalue weighted by Gasteiger charge is -2.32. The number of carbonyl (C=O) groups is 1. The van der Waals surface area contributed by atoms with Crippen LogP contribution in [0.3, 0.4) is 0 Å². The van der Waals surface area contributed by atoms with E-state index in [4.69, 9.17) is 9.47 Å². The molecule has 1 fully saturated rings. The minimum Gasteiger partial charge on any atom is -0.497 e. The van der Waals surface area contributed by atoms with E-state index in [-0.39, 0.29) is 12.0 Å². The second kappa shape index (κ2) is 7.03. The molecule has 7 heteroatoms. The molecule has 2 aromatic heterocycles. The number of benzene rings is 1. The van der Waals surface area contributed by atoms with E-state index in [1.54, 1.807) is 25.7 Å². The van der Waals surface area contributed by atoms with E-state index in [1.165, 1.54) is 0 Å². The van der Waals surface area contributed by atoms with E-state index in [2.05, 4.69) is 15.0 Å². The van der Waals surface area contributed by atoms with Crippen LogP contribution in [-0.2, 0) is 0 Å². The number of carbonyl (C=O) groups excluding carboxylic acids is 1. The molecule has 0 saturated carbocycles. The van der Waals surface area contributed by atoms with Gasteiger partial charge in [0.1, 0.15) is 17.5 Å². The lowest BCUT2D eigenvalue weighted by atomic mass is 10.1. The van der Waals surface area contributed by atoms with Gasteiger partial charge in [0.2, 0.25) is 5.88 Å². The first-order valence-corrected chi connectivity index (χ1v) is 8.61. The maximum absolute atomic E-state index is 12.9. The molecule has 26 heavy (non-hydrogen) atoms. The van der Waals surface area contributed by atoms with Crippen molar-refractivity contribution in [3.05, 3.63) is 48.5 Å². The molecule has 1 saturated heterocycles. The first-order chi connectivity index (χ1) is 12.7. The number of methoxy groups -OCH3 is 1. The predicted octanol–water partition coefficient (Wildman–Crippen LogP) is 2.65. The molecule has 1 aliphatic heterocycles. The fraction of sp³-hybridized carbons (Fsp3) is 0.316. The van der Waals surface area contributed by atoms with Gasteiger partial charge < -0.3 is 19.4 Å². The van der Waals surface area contributed by atoms with Gasteiger partial charge in [-0.25, -0.2) is 4.98 Å². The zero-order valence-electron chi connectivity index (χ0n) is 14.5. The van der Waals surface area contributed by atoms with Crippen LogP contribution >= 0.6 is 0 Å². The monoisotopic (exact) mass is 352 g/mol. The third kappa shape index (κ3) is 3.33. The SMILES string of the molecule is COc1ccc2cc(C(=O)N3CCC[C@H](Oc4cnccn4)C3)[nH]c2c1. The topological polar surface area (TPSA) is 80.3 Å². The zero-order chi connectivity index (χ0) is 17.9. The molecule has 1 atom stereocenters. The van der Waals surface area contributed by atoms with Crippen LogP contribution in [0.4, 0.5) is 0 Å². The third-order valence-electron chi connectivity index (χ3n) is 4.55. The van der Waals surface area contributed by atoms with E-state index in [1.807, 2.05) is 29.2 Å². The number of aromatic amines is 1. The van der Waals surface area contributed by atoms with Crippen LogP contribution in [0.15, 0.2) is 42.9 Å². The molecule has 7 nitrogen and oxygen atoms in total. The van der Waals surface area contributed by atoms with Crippen molar-refractivity contribution in [1.29, 1.82) is 0 Å². The Morgan fingerprint density at radius 1 is 1.31 bits per heavy atom. The number of hydrogen-bond donors (Lipinski definition) is 1. The number of H-pyrrole nitrogens is 1. The number of ether oxygens (including phenoxy) is 2. The van der Waals surface area contributed by atoms with Crippen molar-refractivity contribution in [2.45, 2.75) is 18.9 Å². The fourth-order valence-corrected chi connectivity index (χ4v) is 3.25. The molecule has 3 aromatic rings. The molecule has 1 aromatic carbocycles. The Hall–Kier alpha value is -3.09. The third-order valence-corrected chi connectivity index (χ3v) is 4.55.